The van der Waals surface area contributed by atoms with Gasteiger partial charge in [0.15, 0.2) is 5.78 Å². The number of nitrogens with one attached hydrogen (secondary N) is 2. The van der Waals surface area contributed by atoms with E-state index >= 15 is 0 Å². The predicted molar refractivity (Wildman–Crippen MR) is 113 cm³/mol. The topological polar surface area (TPSA) is 58.2 Å². The molecule has 2 N–H and O–H groups in total. The number of ketones is 1. The molecule has 1 amide bonds. The molecule has 144 valence electrons. The van der Waals surface area contributed by atoms with E-state index < -0.39 is 0 Å². The fourth-order valence-corrected chi connectivity index (χ4v) is 3.07. The first kappa shape index (κ1) is 20.7. The third-order valence-electron chi connectivity index (χ3n) is 4.60. The number of Topliss-reactive ketones (excluding diaryl/α,β-unsaturated/α-hetero) is 1. The number of carbonyl (C=O) groups excluding carboxylic acids is 2. The molecule has 0 heterocycles. The molecular formula is C23H30N2O2. The average molecular weight is 367 g/mol. The van der Waals surface area contributed by atoms with Crippen molar-refractivity contribution in [1.29, 1.82) is 0 Å². The fraction of sp³-hybridized carbons (Fsp3) is 0.391. The molecule has 4 heteroatoms. The second-order valence-corrected chi connectivity index (χ2v) is 7.48. The van der Waals surface area contributed by atoms with Crippen LogP contribution in [0.5, 0.6) is 0 Å². The van der Waals surface area contributed by atoms with Crippen molar-refractivity contribution in [3.63, 3.8) is 0 Å². The van der Waals surface area contributed by atoms with Crippen LogP contribution in [0.2, 0.25) is 0 Å². The summed E-state index contributed by atoms with van der Waals surface area (Å²) in [4.78, 5) is 23.6. The molecular weight excluding hydrogens is 336 g/mol. The van der Waals surface area contributed by atoms with Gasteiger partial charge in [0.25, 0.3) is 0 Å². The summed E-state index contributed by atoms with van der Waals surface area (Å²) in [5.74, 6) is 0.799. The van der Waals surface area contributed by atoms with Crippen molar-refractivity contribution in [2.45, 2.75) is 52.9 Å². The first-order chi connectivity index (χ1) is 12.8. The van der Waals surface area contributed by atoms with Crippen LogP contribution in [0.3, 0.4) is 0 Å². The van der Waals surface area contributed by atoms with E-state index in [1.807, 2.05) is 0 Å². The molecule has 0 bridgehead atoms. The normalized spacial score (nSPS) is 10.9. The SMILES string of the molecule is CC(=O)c1ccc(NC(=O)CCNc2c(C(C)C)cccc2C(C)C)cc1. The Morgan fingerprint density at radius 3 is 1.93 bits per heavy atom. The molecule has 0 aliphatic carbocycles. The van der Waals surface area contributed by atoms with E-state index in [-0.39, 0.29) is 11.7 Å². The first-order valence-corrected chi connectivity index (χ1v) is 9.57. The van der Waals surface area contributed by atoms with Gasteiger partial charge in [-0.2, -0.15) is 0 Å². The molecule has 0 unspecified atom stereocenters. The van der Waals surface area contributed by atoms with Crippen molar-refractivity contribution in [2.24, 2.45) is 0 Å². The third-order valence-corrected chi connectivity index (χ3v) is 4.60. The average Bonchev–Trinajstić information content (AvgIpc) is 2.61. The zero-order chi connectivity index (χ0) is 20.0. The Labute approximate surface area is 162 Å². The lowest BCUT2D eigenvalue weighted by atomic mass is 9.92. The maximum absolute atomic E-state index is 12.2. The minimum Gasteiger partial charge on any atom is -0.384 e. The molecule has 0 aliphatic heterocycles. The number of carbonyl (C=O) groups is 2. The van der Waals surface area contributed by atoms with Crippen molar-refractivity contribution in [2.75, 3.05) is 17.2 Å². The number of para-hydroxylation sites is 1. The van der Waals surface area contributed by atoms with Crippen molar-refractivity contribution < 1.29 is 9.59 Å². The summed E-state index contributed by atoms with van der Waals surface area (Å²) >= 11 is 0. The molecule has 0 saturated heterocycles. The van der Waals surface area contributed by atoms with E-state index in [2.05, 4.69) is 56.5 Å². The van der Waals surface area contributed by atoms with Crippen molar-refractivity contribution >= 4 is 23.1 Å². The Morgan fingerprint density at radius 1 is 0.889 bits per heavy atom. The van der Waals surface area contributed by atoms with Crippen LogP contribution in [0.25, 0.3) is 0 Å². The molecule has 0 aliphatic rings. The lowest BCUT2D eigenvalue weighted by molar-refractivity contribution is -0.115. The van der Waals surface area contributed by atoms with E-state index in [4.69, 9.17) is 0 Å². The number of hydrogen-bond donors (Lipinski definition) is 2. The van der Waals surface area contributed by atoms with E-state index in [1.54, 1.807) is 24.3 Å². The van der Waals surface area contributed by atoms with Crippen LogP contribution in [0.1, 0.15) is 74.4 Å². The van der Waals surface area contributed by atoms with Gasteiger partial charge in [-0.3, -0.25) is 9.59 Å². The Balaban J connectivity index is 1.97. The first-order valence-electron chi connectivity index (χ1n) is 9.57. The number of amides is 1. The standard InChI is InChI=1S/C23H30N2O2/c1-15(2)20-7-6-8-21(16(3)4)23(20)24-14-13-22(27)25-19-11-9-18(10-12-19)17(5)26/h6-12,15-16,24H,13-14H2,1-5H3,(H,25,27). The summed E-state index contributed by atoms with van der Waals surface area (Å²) in [6.45, 7) is 10.8. The van der Waals surface area contributed by atoms with E-state index in [0.29, 0.717) is 36.1 Å². The smallest absolute Gasteiger partial charge is 0.226 e. The van der Waals surface area contributed by atoms with Crippen LogP contribution < -0.4 is 10.6 Å². The highest BCUT2D eigenvalue weighted by Crippen LogP contribution is 2.32. The van der Waals surface area contributed by atoms with Crippen LogP contribution in [0.4, 0.5) is 11.4 Å². The highest BCUT2D eigenvalue weighted by Gasteiger charge is 2.13. The van der Waals surface area contributed by atoms with Gasteiger partial charge in [-0.1, -0.05) is 45.9 Å². The maximum atomic E-state index is 12.2. The molecule has 0 radical (unpaired) electrons. The summed E-state index contributed by atoms with van der Waals surface area (Å²) < 4.78 is 0. The van der Waals surface area contributed by atoms with Crippen LogP contribution in [-0.2, 0) is 4.79 Å². The molecule has 2 rings (SSSR count). The molecule has 27 heavy (non-hydrogen) atoms. The lowest BCUT2D eigenvalue weighted by Crippen LogP contribution is -2.17. The highest BCUT2D eigenvalue weighted by molar-refractivity contribution is 5.95. The van der Waals surface area contributed by atoms with Crippen molar-refractivity contribution in [3.8, 4) is 0 Å². The van der Waals surface area contributed by atoms with Gasteiger partial charge in [0, 0.05) is 29.9 Å². The van der Waals surface area contributed by atoms with Gasteiger partial charge in [0.2, 0.25) is 5.91 Å². The Morgan fingerprint density at radius 2 is 1.44 bits per heavy atom. The minimum absolute atomic E-state index is 0.0156. The van der Waals surface area contributed by atoms with Gasteiger partial charge >= 0.3 is 0 Å². The number of anilines is 2. The quantitative estimate of drug-likeness (QED) is 0.600. The van der Waals surface area contributed by atoms with Gasteiger partial charge < -0.3 is 10.6 Å². The largest absolute Gasteiger partial charge is 0.384 e. The lowest BCUT2D eigenvalue weighted by Gasteiger charge is -2.20. The summed E-state index contributed by atoms with van der Waals surface area (Å²) in [7, 11) is 0. The van der Waals surface area contributed by atoms with Crippen molar-refractivity contribution in [3.05, 3.63) is 59.2 Å². The molecule has 0 atom stereocenters. The molecule has 4 nitrogen and oxygen atoms in total. The van der Waals surface area contributed by atoms with Gasteiger partial charge in [-0.25, -0.2) is 0 Å². The molecule has 0 spiro atoms. The number of rotatable bonds is 8. The Hall–Kier alpha value is -2.62. The van der Waals surface area contributed by atoms with E-state index in [1.165, 1.54) is 18.1 Å². The third kappa shape index (κ3) is 5.68. The summed E-state index contributed by atoms with van der Waals surface area (Å²) in [5, 5.41) is 6.36. The highest BCUT2D eigenvalue weighted by atomic mass is 16.1. The minimum atomic E-state index is -0.0498. The molecule has 2 aromatic rings. The Kier molecular flexibility index (Phi) is 7.17. The van der Waals surface area contributed by atoms with E-state index in [0.717, 1.165) is 5.69 Å². The number of benzene rings is 2. The van der Waals surface area contributed by atoms with Gasteiger partial charge in [-0.15, -0.1) is 0 Å². The zero-order valence-electron chi connectivity index (χ0n) is 16.9. The number of hydrogen-bond acceptors (Lipinski definition) is 3. The molecule has 0 saturated carbocycles. The summed E-state index contributed by atoms with van der Waals surface area (Å²) in [6, 6.07) is 13.4. The van der Waals surface area contributed by atoms with Crippen molar-refractivity contribution in [1.82, 2.24) is 0 Å². The molecule has 0 aromatic heterocycles. The Bertz CT molecular complexity index is 766. The van der Waals surface area contributed by atoms with Crippen LogP contribution in [0.15, 0.2) is 42.5 Å². The maximum Gasteiger partial charge on any atom is 0.226 e. The summed E-state index contributed by atoms with van der Waals surface area (Å²) in [5.41, 5.74) is 5.06. The van der Waals surface area contributed by atoms with Gasteiger partial charge in [0.05, 0.1) is 0 Å². The molecule has 2 aromatic carbocycles. The van der Waals surface area contributed by atoms with Crippen LogP contribution >= 0.6 is 0 Å². The van der Waals surface area contributed by atoms with Crippen LogP contribution in [0, 0.1) is 0 Å². The van der Waals surface area contributed by atoms with E-state index in [9.17, 15) is 9.59 Å². The fourth-order valence-electron chi connectivity index (χ4n) is 3.07. The monoisotopic (exact) mass is 366 g/mol. The summed E-state index contributed by atoms with van der Waals surface area (Å²) in [6.07, 6.45) is 0.373. The zero-order valence-corrected chi connectivity index (χ0v) is 16.9. The predicted octanol–water partition coefficient (Wildman–Crippen LogP) is 5.58. The molecule has 0 fully saturated rings. The van der Waals surface area contributed by atoms with Gasteiger partial charge in [-0.05, 0) is 54.2 Å². The van der Waals surface area contributed by atoms with Crippen LogP contribution in [-0.4, -0.2) is 18.2 Å². The second-order valence-electron chi connectivity index (χ2n) is 7.48. The second kappa shape index (κ2) is 9.36. The van der Waals surface area contributed by atoms with Gasteiger partial charge in [0.1, 0.15) is 0 Å².